The van der Waals surface area contributed by atoms with E-state index in [9.17, 15) is 4.79 Å². The number of hydrogen-bond donors (Lipinski definition) is 1. The predicted octanol–water partition coefficient (Wildman–Crippen LogP) is 1.92. The second-order valence-corrected chi connectivity index (χ2v) is 2.60. The highest BCUT2D eigenvalue weighted by atomic mass is 16.5. The van der Waals surface area contributed by atoms with Crippen LogP contribution in [0.2, 0.25) is 0 Å². The molecule has 3 nitrogen and oxygen atoms in total. The number of alkyl carbamates (subject to hydrolysis) is 1. The largest absolute Gasteiger partial charge is 0.453 e. The van der Waals surface area contributed by atoms with Crippen LogP contribution in [0.1, 0.15) is 11.6 Å². The van der Waals surface area contributed by atoms with Crippen LogP contribution in [-0.4, -0.2) is 13.2 Å². The molecular weight excluding hydrogens is 166 g/mol. The fourth-order valence-corrected chi connectivity index (χ4v) is 0.970. The molecule has 0 heterocycles. The van der Waals surface area contributed by atoms with Gasteiger partial charge in [0.25, 0.3) is 0 Å². The maximum absolute atomic E-state index is 10.8. The van der Waals surface area contributed by atoms with E-state index in [4.69, 9.17) is 0 Å². The Balaban J connectivity index is 2.59. The third kappa shape index (κ3) is 2.78. The average Bonchev–Trinajstić information content (AvgIpc) is 2.19. The molecule has 1 unspecified atom stereocenters. The van der Waals surface area contributed by atoms with E-state index in [0.717, 1.165) is 5.56 Å². The Morgan fingerprint density at radius 2 is 2.08 bits per heavy atom. The zero-order valence-electron chi connectivity index (χ0n) is 7.49. The number of amides is 1. The van der Waals surface area contributed by atoms with Gasteiger partial charge in [0.1, 0.15) is 0 Å². The lowest BCUT2D eigenvalue weighted by atomic mass is 10.1. The molecule has 0 saturated heterocycles. The van der Waals surface area contributed by atoms with Crippen molar-refractivity contribution in [2.75, 3.05) is 7.11 Å². The van der Waals surface area contributed by atoms with Gasteiger partial charge in [-0.3, -0.25) is 0 Å². The molecule has 3 heteroatoms. The van der Waals surface area contributed by atoms with E-state index in [1.807, 2.05) is 30.3 Å². The summed E-state index contributed by atoms with van der Waals surface area (Å²) in [5.74, 6) is 0. The molecule has 69 valence electrons. The molecule has 1 rings (SSSR count). The highest BCUT2D eigenvalue weighted by Crippen LogP contribution is 2.10. The van der Waals surface area contributed by atoms with E-state index in [0.29, 0.717) is 0 Å². The fourth-order valence-electron chi connectivity index (χ4n) is 0.970. The van der Waals surface area contributed by atoms with E-state index in [-0.39, 0.29) is 6.04 Å². The molecule has 1 aromatic carbocycles. The molecule has 1 radical (unpaired) electrons. The predicted molar refractivity (Wildman–Crippen MR) is 50.1 cm³/mol. The van der Waals surface area contributed by atoms with Crippen LogP contribution >= 0.6 is 0 Å². The molecule has 0 fully saturated rings. The summed E-state index contributed by atoms with van der Waals surface area (Å²) in [5.41, 5.74) is 0.952. The quantitative estimate of drug-likeness (QED) is 0.751. The van der Waals surface area contributed by atoms with Crippen molar-refractivity contribution in [3.05, 3.63) is 42.8 Å². The topological polar surface area (TPSA) is 38.3 Å². The molecule has 1 aromatic rings. The van der Waals surface area contributed by atoms with Gasteiger partial charge in [-0.25, -0.2) is 4.79 Å². The van der Waals surface area contributed by atoms with Crippen molar-refractivity contribution in [1.29, 1.82) is 0 Å². The maximum atomic E-state index is 10.8. The number of nitrogens with one attached hydrogen (secondary N) is 1. The second-order valence-electron chi connectivity index (χ2n) is 2.60. The molecule has 0 aliphatic carbocycles. The number of methoxy groups -OCH3 is 1. The first kappa shape index (κ1) is 9.58. The molecule has 0 aliphatic heterocycles. The standard InChI is InChI=1S/C10H12NO2/c1-8(11-10(12)13-2)9-6-4-3-5-7-9/h3-8H,1H2,2H3,(H,11,12). The van der Waals surface area contributed by atoms with E-state index in [1.165, 1.54) is 7.11 Å². The molecule has 1 atom stereocenters. The zero-order chi connectivity index (χ0) is 9.68. The number of carbonyl (C=O) groups is 1. The van der Waals surface area contributed by atoms with Gasteiger partial charge in [-0.1, -0.05) is 30.3 Å². The van der Waals surface area contributed by atoms with Crippen LogP contribution in [0.25, 0.3) is 0 Å². The summed E-state index contributed by atoms with van der Waals surface area (Å²) in [7, 11) is 1.33. The minimum Gasteiger partial charge on any atom is -0.453 e. The first-order valence-electron chi connectivity index (χ1n) is 3.96. The van der Waals surface area contributed by atoms with E-state index in [2.05, 4.69) is 17.0 Å². The summed E-state index contributed by atoms with van der Waals surface area (Å²) in [5, 5.41) is 2.57. The van der Waals surface area contributed by atoms with Gasteiger partial charge in [0.2, 0.25) is 0 Å². The Labute approximate surface area is 77.7 Å². The normalized spacial score (nSPS) is 11.8. The van der Waals surface area contributed by atoms with Crippen LogP contribution in [0, 0.1) is 6.92 Å². The van der Waals surface area contributed by atoms with E-state index < -0.39 is 6.09 Å². The van der Waals surface area contributed by atoms with Gasteiger partial charge in [0.15, 0.2) is 0 Å². The Morgan fingerprint density at radius 3 is 2.62 bits per heavy atom. The average molecular weight is 178 g/mol. The molecule has 0 aliphatic rings. The van der Waals surface area contributed by atoms with Crippen LogP contribution in [0.3, 0.4) is 0 Å². The van der Waals surface area contributed by atoms with Crippen molar-refractivity contribution in [2.45, 2.75) is 6.04 Å². The molecule has 1 amide bonds. The highest BCUT2D eigenvalue weighted by molar-refractivity contribution is 5.67. The highest BCUT2D eigenvalue weighted by Gasteiger charge is 2.07. The van der Waals surface area contributed by atoms with Crippen LogP contribution in [0.4, 0.5) is 4.79 Å². The number of ether oxygens (including phenoxy) is 1. The van der Waals surface area contributed by atoms with Crippen molar-refractivity contribution < 1.29 is 9.53 Å². The summed E-state index contributed by atoms with van der Waals surface area (Å²) in [4.78, 5) is 10.8. The molecule has 0 bridgehead atoms. The van der Waals surface area contributed by atoms with Crippen LogP contribution in [0.15, 0.2) is 30.3 Å². The Hall–Kier alpha value is -1.51. The van der Waals surface area contributed by atoms with Crippen LogP contribution in [-0.2, 0) is 4.74 Å². The van der Waals surface area contributed by atoms with Crippen molar-refractivity contribution in [2.24, 2.45) is 0 Å². The maximum Gasteiger partial charge on any atom is 0.407 e. The van der Waals surface area contributed by atoms with Crippen LogP contribution in [0.5, 0.6) is 0 Å². The first-order chi connectivity index (χ1) is 6.24. The summed E-state index contributed by atoms with van der Waals surface area (Å²) < 4.78 is 4.45. The molecular formula is C10H12NO2. The molecule has 0 spiro atoms. The first-order valence-corrected chi connectivity index (χ1v) is 3.96. The lowest BCUT2D eigenvalue weighted by molar-refractivity contribution is 0.168. The third-order valence-electron chi connectivity index (χ3n) is 1.68. The third-order valence-corrected chi connectivity index (χ3v) is 1.68. The van der Waals surface area contributed by atoms with E-state index in [1.54, 1.807) is 0 Å². The molecule has 13 heavy (non-hydrogen) atoms. The van der Waals surface area contributed by atoms with Crippen molar-refractivity contribution >= 4 is 6.09 Å². The summed E-state index contributed by atoms with van der Waals surface area (Å²) in [6, 6.07) is 9.22. The Kier molecular flexibility index (Phi) is 3.31. The Morgan fingerprint density at radius 1 is 1.46 bits per heavy atom. The summed E-state index contributed by atoms with van der Waals surface area (Å²) in [6.45, 7) is 3.78. The number of rotatable bonds is 2. The van der Waals surface area contributed by atoms with E-state index >= 15 is 0 Å². The number of carbonyl (C=O) groups excluding carboxylic acids is 1. The second kappa shape index (κ2) is 4.50. The van der Waals surface area contributed by atoms with Gasteiger partial charge in [-0.15, -0.1) is 0 Å². The fraction of sp³-hybridized carbons (Fsp3) is 0.200. The molecule has 1 N–H and O–H groups in total. The molecule has 0 saturated carbocycles. The number of hydrogen-bond acceptors (Lipinski definition) is 2. The summed E-state index contributed by atoms with van der Waals surface area (Å²) in [6.07, 6.45) is -0.469. The van der Waals surface area contributed by atoms with Gasteiger partial charge in [-0.05, 0) is 12.5 Å². The van der Waals surface area contributed by atoms with Gasteiger partial charge < -0.3 is 10.1 Å². The van der Waals surface area contributed by atoms with Gasteiger partial charge in [0.05, 0.1) is 13.2 Å². The van der Waals surface area contributed by atoms with Gasteiger partial charge in [0, 0.05) is 0 Å². The minimum absolute atomic E-state index is 0.270. The zero-order valence-corrected chi connectivity index (χ0v) is 7.49. The van der Waals surface area contributed by atoms with Gasteiger partial charge >= 0.3 is 6.09 Å². The Bertz CT molecular complexity index is 272. The number of benzene rings is 1. The van der Waals surface area contributed by atoms with Crippen molar-refractivity contribution in [1.82, 2.24) is 5.32 Å². The SMILES string of the molecule is [CH2]C(NC(=O)OC)c1ccccc1. The smallest absolute Gasteiger partial charge is 0.407 e. The van der Waals surface area contributed by atoms with Crippen molar-refractivity contribution in [3.8, 4) is 0 Å². The molecule has 0 aromatic heterocycles. The monoisotopic (exact) mass is 178 g/mol. The van der Waals surface area contributed by atoms with Gasteiger partial charge in [-0.2, -0.15) is 0 Å². The van der Waals surface area contributed by atoms with Crippen molar-refractivity contribution in [3.63, 3.8) is 0 Å². The lowest BCUT2D eigenvalue weighted by Gasteiger charge is -2.12. The summed E-state index contributed by atoms with van der Waals surface area (Å²) >= 11 is 0. The van der Waals surface area contributed by atoms with Crippen LogP contribution < -0.4 is 5.32 Å². The lowest BCUT2D eigenvalue weighted by Crippen LogP contribution is -2.26. The minimum atomic E-state index is -0.469.